The Hall–Kier alpha value is -3.35. The van der Waals surface area contributed by atoms with Gasteiger partial charge in [-0.2, -0.15) is 0 Å². The normalized spacial score (nSPS) is 19.6. The van der Waals surface area contributed by atoms with Crippen LogP contribution in [0, 0.1) is 5.92 Å². The van der Waals surface area contributed by atoms with Crippen LogP contribution in [0.5, 0.6) is 0 Å². The summed E-state index contributed by atoms with van der Waals surface area (Å²) in [6.07, 6.45) is -0.881. The van der Waals surface area contributed by atoms with E-state index in [1.807, 2.05) is 24.3 Å². The predicted octanol–water partition coefficient (Wildman–Crippen LogP) is 4.04. The molecule has 8 nitrogen and oxygen atoms in total. The van der Waals surface area contributed by atoms with Gasteiger partial charge >= 0.3 is 11.9 Å². The molecular formula is C23H26N4O4. The van der Waals surface area contributed by atoms with Gasteiger partial charge in [-0.3, -0.25) is 9.69 Å². The molecular weight excluding hydrogens is 396 g/mol. The third-order valence-electron chi connectivity index (χ3n) is 5.28. The monoisotopic (exact) mass is 422 g/mol. The topological polar surface area (TPSA) is 105 Å². The van der Waals surface area contributed by atoms with Crippen LogP contribution in [-0.2, 0) is 25.6 Å². The fraction of sp³-hybridized carbons (Fsp3) is 0.391. The van der Waals surface area contributed by atoms with E-state index in [1.165, 1.54) is 12.5 Å². The molecule has 3 atom stereocenters. The third-order valence-corrected chi connectivity index (χ3v) is 5.28. The van der Waals surface area contributed by atoms with Crippen LogP contribution < -0.4 is 0 Å². The van der Waals surface area contributed by atoms with Gasteiger partial charge in [0.25, 0.3) is 0 Å². The van der Waals surface area contributed by atoms with Crippen molar-refractivity contribution in [2.24, 2.45) is 11.0 Å². The van der Waals surface area contributed by atoms with Crippen LogP contribution in [0.1, 0.15) is 30.6 Å². The maximum absolute atomic E-state index is 13.0. The summed E-state index contributed by atoms with van der Waals surface area (Å²) in [7, 11) is 0. The number of rotatable bonds is 8. The zero-order valence-corrected chi connectivity index (χ0v) is 17.5. The summed E-state index contributed by atoms with van der Waals surface area (Å²) in [6.45, 7) is 3.55. The Morgan fingerprint density at radius 2 is 1.84 bits per heavy atom. The molecule has 3 rings (SSSR count). The fourth-order valence-corrected chi connectivity index (χ4v) is 3.76. The number of likely N-dealkylation sites (tertiary alicyclic amines) is 1. The van der Waals surface area contributed by atoms with Crippen LogP contribution in [0.15, 0.2) is 65.8 Å². The van der Waals surface area contributed by atoms with Gasteiger partial charge in [0.15, 0.2) is 0 Å². The molecule has 162 valence electrons. The molecule has 2 aromatic rings. The molecule has 0 saturated carbocycles. The minimum absolute atomic E-state index is 0.0966. The molecule has 0 bridgehead atoms. The van der Waals surface area contributed by atoms with E-state index in [1.54, 1.807) is 24.3 Å². The molecule has 0 amide bonds. The summed E-state index contributed by atoms with van der Waals surface area (Å²) < 4.78 is 11.1. The van der Waals surface area contributed by atoms with Gasteiger partial charge in [-0.25, -0.2) is 4.79 Å². The number of nitrogens with zero attached hydrogens (tertiary/aromatic N) is 4. The van der Waals surface area contributed by atoms with Crippen LogP contribution in [-0.4, -0.2) is 42.6 Å². The molecule has 0 spiro atoms. The predicted molar refractivity (Wildman–Crippen MR) is 115 cm³/mol. The largest absolute Gasteiger partial charge is 0.458 e. The summed E-state index contributed by atoms with van der Waals surface area (Å²) in [5, 5.41) is 3.70. The van der Waals surface area contributed by atoms with Crippen LogP contribution in [0.25, 0.3) is 10.4 Å². The van der Waals surface area contributed by atoms with E-state index < -0.39 is 24.1 Å². The Morgan fingerprint density at radius 1 is 1.16 bits per heavy atom. The first-order valence-electron chi connectivity index (χ1n) is 10.3. The zero-order valence-electron chi connectivity index (χ0n) is 17.5. The van der Waals surface area contributed by atoms with Gasteiger partial charge in [-0.15, -0.1) is 0 Å². The van der Waals surface area contributed by atoms with Gasteiger partial charge in [0.2, 0.25) is 6.10 Å². The summed E-state index contributed by atoms with van der Waals surface area (Å²) in [4.78, 5) is 29.7. The average Bonchev–Trinajstić information content (AvgIpc) is 2.78. The molecule has 0 N–H and O–H groups in total. The van der Waals surface area contributed by atoms with Crippen molar-refractivity contribution in [2.75, 3.05) is 19.6 Å². The molecule has 1 aliphatic heterocycles. The number of esters is 2. The lowest BCUT2D eigenvalue weighted by molar-refractivity contribution is -0.175. The highest BCUT2D eigenvalue weighted by atomic mass is 16.6. The van der Waals surface area contributed by atoms with E-state index in [0.29, 0.717) is 12.1 Å². The van der Waals surface area contributed by atoms with E-state index in [9.17, 15) is 9.59 Å². The van der Waals surface area contributed by atoms with Gasteiger partial charge in [0.05, 0.1) is 0 Å². The average molecular weight is 422 g/mol. The summed E-state index contributed by atoms with van der Waals surface area (Å²) in [6, 6.07) is 18.9. The lowest BCUT2D eigenvalue weighted by Crippen LogP contribution is -2.47. The summed E-state index contributed by atoms with van der Waals surface area (Å²) in [5.74, 6) is -1.29. The fourth-order valence-electron chi connectivity index (χ4n) is 3.76. The number of carbonyl (C=O) groups is 2. The lowest BCUT2D eigenvalue weighted by Gasteiger charge is -2.38. The zero-order chi connectivity index (χ0) is 22.1. The number of ether oxygens (including phenoxy) is 2. The highest BCUT2D eigenvalue weighted by molar-refractivity contribution is 5.80. The SMILES string of the molecule is CC(=O)O[C@@H](C(=O)O[C@@H]1CN(Cc2ccccc2)CC[C@H]1CN=[N+]=[N-])c1ccccc1. The second-order valence-electron chi connectivity index (χ2n) is 7.56. The third kappa shape index (κ3) is 6.57. The molecule has 1 aliphatic rings. The van der Waals surface area contributed by atoms with Crippen molar-refractivity contribution in [3.8, 4) is 0 Å². The first-order valence-corrected chi connectivity index (χ1v) is 10.3. The molecule has 0 aromatic heterocycles. The molecule has 2 aromatic carbocycles. The molecule has 8 heteroatoms. The highest BCUT2D eigenvalue weighted by Crippen LogP contribution is 2.26. The number of piperidine rings is 1. The van der Waals surface area contributed by atoms with Crippen molar-refractivity contribution in [1.29, 1.82) is 0 Å². The Morgan fingerprint density at radius 3 is 2.48 bits per heavy atom. The molecule has 0 unspecified atom stereocenters. The van der Waals surface area contributed by atoms with Gasteiger partial charge < -0.3 is 9.47 Å². The molecule has 31 heavy (non-hydrogen) atoms. The van der Waals surface area contributed by atoms with Crippen molar-refractivity contribution >= 4 is 11.9 Å². The van der Waals surface area contributed by atoms with Gasteiger partial charge in [-0.1, -0.05) is 65.8 Å². The number of hydrogen-bond acceptors (Lipinski definition) is 6. The van der Waals surface area contributed by atoms with Gasteiger partial charge in [-0.05, 0) is 24.1 Å². The van der Waals surface area contributed by atoms with E-state index in [-0.39, 0.29) is 12.5 Å². The van der Waals surface area contributed by atoms with Crippen LogP contribution in [0.2, 0.25) is 0 Å². The molecule has 0 aliphatic carbocycles. The summed E-state index contributed by atoms with van der Waals surface area (Å²) >= 11 is 0. The van der Waals surface area contributed by atoms with Crippen molar-refractivity contribution < 1.29 is 19.1 Å². The summed E-state index contributed by atoms with van der Waals surface area (Å²) in [5.41, 5.74) is 10.4. The highest BCUT2D eigenvalue weighted by Gasteiger charge is 2.35. The maximum Gasteiger partial charge on any atom is 0.352 e. The molecule has 1 saturated heterocycles. The Kier molecular flexibility index (Phi) is 8.04. The van der Waals surface area contributed by atoms with Gasteiger partial charge in [0, 0.05) is 43.0 Å². The first-order chi connectivity index (χ1) is 15.1. The van der Waals surface area contributed by atoms with Crippen molar-refractivity contribution in [1.82, 2.24) is 4.90 Å². The molecule has 1 fully saturated rings. The maximum atomic E-state index is 13.0. The Bertz CT molecular complexity index is 916. The van der Waals surface area contributed by atoms with E-state index in [4.69, 9.17) is 15.0 Å². The van der Waals surface area contributed by atoms with E-state index >= 15 is 0 Å². The van der Waals surface area contributed by atoms with Crippen molar-refractivity contribution in [3.63, 3.8) is 0 Å². The second kappa shape index (κ2) is 11.2. The molecule has 1 heterocycles. The smallest absolute Gasteiger partial charge is 0.352 e. The van der Waals surface area contributed by atoms with Crippen LogP contribution in [0.3, 0.4) is 0 Å². The number of hydrogen-bond donors (Lipinski definition) is 0. The first kappa shape index (κ1) is 22.3. The minimum Gasteiger partial charge on any atom is -0.458 e. The molecule has 0 radical (unpaired) electrons. The number of carbonyl (C=O) groups excluding carboxylic acids is 2. The van der Waals surface area contributed by atoms with Crippen molar-refractivity contribution in [3.05, 3.63) is 82.2 Å². The lowest BCUT2D eigenvalue weighted by atomic mass is 9.93. The number of benzene rings is 2. The van der Waals surface area contributed by atoms with E-state index in [2.05, 4.69) is 27.1 Å². The minimum atomic E-state index is -1.14. The van der Waals surface area contributed by atoms with Gasteiger partial charge in [0.1, 0.15) is 6.10 Å². The van der Waals surface area contributed by atoms with Crippen molar-refractivity contribution in [2.45, 2.75) is 32.1 Å². The van der Waals surface area contributed by atoms with Crippen LogP contribution >= 0.6 is 0 Å². The standard InChI is InChI=1S/C23H26N4O4/c1-17(28)30-22(19-10-6-3-7-11-19)23(29)31-21-16-27(13-12-20(21)14-25-26-24)15-18-8-4-2-5-9-18/h2-11,20-22H,12-16H2,1H3/t20-,21+,22+/m0/s1. The Balaban J connectivity index is 1.74. The van der Waals surface area contributed by atoms with Crippen LogP contribution in [0.4, 0.5) is 0 Å². The Labute approximate surface area is 181 Å². The van der Waals surface area contributed by atoms with E-state index in [0.717, 1.165) is 19.5 Å². The second-order valence-corrected chi connectivity index (χ2v) is 7.56. The number of azide groups is 1. The quantitative estimate of drug-likeness (QED) is 0.276.